The Bertz CT molecular complexity index is 575. The molecular weight excluding hydrogens is 258 g/mol. The summed E-state index contributed by atoms with van der Waals surface area (Å²) >= 11 is 0. The zero-order valence-electron chi connectivity index (χ0n) is 12.8. The van der Waals surface area contributed by atoms with E-state index in [1.807, 2.05) is 0 Å². The van der Waals surface area contributed by atoms with Gasteiger partial charge in [0.2, 0.25) is 0 Å². The van der Waals surface area contributed by atoms with Crippen molar-refractivity contribution in [3.8, 4) is 0 Å². The Morgan fingerprint density at radius 3 is 2.81 bits per heavy atom. The zero-order valence-corrected chi connectivity index (χ0v) is 12.8. The van der Waals surface area contributed by atoms with E-state index in [1.54, 1.807) is 0 Å². The highest BCUT2D eigenvalue weighted by molar-refractivity contribution is 5.83. The van der Waals surface area contributed by atoms with Crippen molar-refractivity contribution in [2.45, 2.75) is 44.8 Å². The number of rotatable bonds is 5. The number of nitrogens with one attached hydrogen (secondary N) is 1. The molecule has 2 unspecified atom stereocenters. The molecule has 1 aliphatic rings. The van der Waals surface area contributed by atoms with Crippen molar-refractivity contribution in [3.63, 3.8) is 0 Å². The van der Waals surface area contributed by atoms with Crippen LogP contribution in [-0.2, 0) is 4.74 Å². The Hall–Kier alpha value is -1.38. The molecule has 1 N–H and O–H groups in total. The second-order valence-corrected chi connectivity index (χ2v) is 6.06. The smallest absolute Gasteiger partial charge is 0.0587 e. The average molecular weight is 283 g/mol. The summed E-state index contributed by atoms with van der Waals surface area (Å²) in [6.45, 7) is 4.22. The van der Waals surface area contributed by atoms with E-state index in [9.17, 15) is 0 Å². The van der Waals surface area contributed by atoms with Crippen molar-refractivity contribution in [2.24, 2.45) is 0 Å². The van der Waals surface area contributed by atoms with E-state index < -0.39 is 0 Å². The van der Waals surface area contributed by atoms with E-state index in [4.69, 9.17) is 4.74 Å². The lowest BCUT2D eigenvalue weighted by atomic mass is 10.0. The largest absolute Gasteiger partial charge is 0.378 e. The van der Waals surface area contributed by atoms with Gasteiger partial charge in [-0.2, -0.15) is 0 Å². The molecule has 2 aromatic carbocycles. The third-order valence-electron chi connectivity index (χ3n) is 4.46. The molecule has 1 aliphatic heterocycles. The highest BCUT2D eigenvalue weighted by atomic mass is 16.5. The summed E-state index contributed by atoms with van der Waals surface area (Å²) in [4.78, 5) is 0. The van der Waals surface area contributed by atoms with Gasteiger partial charge < -0.3 is 10.1 Å². The van der Waals surface area contributed by atoms with Crippen LogP contribution in [0.15, 0.2) is 42.5 Å². The van der Waals surface area contributed by atoms with Crippen LogP contribution in [0.25, 0.3) is 10.8 Å². The van der Waals surface area contributed by atoms with Gasteiger partial charge in [0.1, 0.15) is 0 Å². The fourth-order valence-electron chi connectivity index (χ4n) is 3.09. The van der Waals surface area contributed by atoms with Gasteiger partial charge in [-0.15, -0.1) is 0 Å². The molecule has 0 bridgehead atoms. The lowest BCUT2D eigenvalue weighted by molar-refractivity contribution is 0.0112. The number of fused-ring (bicyclic) bond motifs is 1. The first-order valence-corrected chi connectivity index (χ1v) is 8.16. The second-order valence-electron chi connectivity index (χ2n) is 6.06. The van der Waals surface area contributed by atoms with E-state index in [1.165, 1.54) is 35.6 Å². The van der Waals surface area contributed by atoms with E-state index in [-0.39, 0.29) is 0 Å². The maximum absolute atomic E-state index is 5.78. The fraction of sp³-hybridized carbons (Fsp3) is 0.474. The van der Waals surface area contributed by atoms with Gasteiger partial charge in [-0.05, 0) is 61.6 Å². The van der Waals surface area contributed by atoms with Gasteiger partial charge in [0.25, 0.3) is 0 Å². The Morgan fingerprint density at radius 1 is 1.14 bits per heavy atom. The van der Waals surface area contributed by atoms with Crippen LogP contribution >= 0.6 is 0 Å². The molecule has 2 nitrogen and oxygen atoms in total. The Balaban J connectivity index is 1.54. The summed E-state index contributed by atoms with van der Waals surface area (Å²) in [6.07, 6.45) is 5.38. The molecule has 3 rings (SSSR count). The highest BCUT2D eigenvalue weighted by Gasteiger charge is 2.14. The van der Waals surface area contributed by atoms with Gasteiger partial charge in [0, 0.05) is 12.6 Å². The van der Waals surface area contributed by atoms with Crippen molar-refractivity contribution in [1.29, 1.82) is 0 Å². The van der Waals surface area contributed by atoms with Gasteiger partial charge in [-0.1, -0.05) is 36.4 Å². The molecule has 0 amide bonds. The molecule has 0 spiro atoms. The summed E-state index contributed by atoms with van der Waals surface area (Å²) in [5, 5.41) is 6.26. The number of benzene rings is 2. The number of hydrogen-bond acceptors (Lipinski definition) is 2. The molecule has 21 heavy (non-hydrogen) atoms. The summed E-state index contributed by atoms with van der Waals surface area (Å²) in [5.41, 5.74) is 1.36. The molecule has 1 fully saturated rings. The molecule has 112 valence electrons. The Kier molecular flexibility index (Phi) is 4.89. The van der Waals surface area contributed by atoms with E-state index in [2.05, 4.69) is 54.7 Å². The van der Waals surface area contributed by atoms with Gasteiger partial charge >= 0.3 is 0 Å². The SMILES string of the molecule is CC(NCCC1CCCCO1)c1ccc2ccccc2c1. The minimum absolute atomic E-state index is 0.387. The highest BCUT2D eigenvalue weighted by Crippen LogP contribution is 2.21. The molecular formula is C19H25NO. The van der Waals surface area contributed by atoms with Crippen LogP contribution in [-0.4, -0.2) is 19.3 Å². The summed E-state index contributed by atoms with van der Waals surface area (Å²) < 4.78 is 5.78. The predicted octanol–water partition coefficient (Wildman–Crippen LogP) is 4.45. The van der Waals surface area contributed by atoms with Crippen LogP contribution in [0.3, 0.4) is 0 Å². The molecule has 0 aromatic heterocycles. The predicted molar refractivity (Wildman–Crippen MR) is 88.6 cm³/mol. The molecule has 0 saturated carbocycles. The fourth-order valence-corrected chi connectivity index (χ4v) is 3.09. The Labute approximate surface area is 127 Å². The van der Waals surface area contributed by atoms with Crippen LogP contribution < -0.4 is 5.32 Å². The van der Waals surface area contributed by atoms with Gasteiger partial charge in [-0.25, -0.2) is 0 Å². The standard InChI is InChI=1S/C19H25NO/c1-15(20-12-11-19-8-4-5-13-21-19)17-10-9-16-6-2-3-7-18(16)14-17/h2-3,6-7,9-10,14-15,19-20H,4-5,8,11-13H2,1H3. The molecule has 1 saturated heterocycles. The van der Waals surface area contributed by atoms with Crippen LogP contribution in [0.2, 0.25) is 0 Å². The van der Waals surface area contributed by atoms with E-state index in [0.717, 1.165) is 19.6 Å². The normalized spacial score (nSPS) is 20.5. The molecule has 0 aliphatic carbocycles. The number of ether oxygens (including phenoxy) is 1. The summed E-state index contributed by atoms with van der Waals surface area (Å²) in [5.74, 6) is 0. The molecule has 2 aromatic rings. The average Bonchev–Trinajstić information content (AvgIpc) is 2.55. The quantitative estimate of drug-likeness (QED) is 0.875. The van der Waals surface area contributed by atoms with Crippen molar-refractivity contribution >= 4 is 10.8 Å². The van der Waals surface area contributed by atoms with Crippen LogP contribution in [0.1, 0.15) is 44.2 Å². The third kappa shape index (κ3) is 3.84. The van der Waals surface area contributed by atoms with E-state index >= 15 is 0 Å². The summed E-state index contributed by atoms with van der Waals surface area (Å²) in [7, 11) is 0. The van der Waals surface area contributed by atoms with Crippen molar-refractivity contribution in [2.75, 3.05) is 13.2 Å². The zero-order chi connectivity index (χ0) is 14.5. The maximum atomic E-state index is 5.78. The first-order chi connectivity index (χ1) is 10.3. The minimum atomic E-state index is 0.387. The molecule has 2 atom stereocenters. The first kappa shape index (κ1) is 14.6. The Morgan fingerprint density at radius 2 is 2.00 bits per heavy atom. The third-order valence-corrected chi connectivity index (χ3v) is 4.46. The van der Waals surface area contributed by atoms with Crippen molar-refractivity contribution in [1.82, 2.24) is 5.32 Å². The van der Waals surface area contributed by atoms with Crippen LogP contribution in [0.5, 0.6) is 0 Å². The lowest BCUT2D eigenvalue weighted by Crippen LogP contribution is -2.27. The minimum Gasteiger partial charge on any atom is -0.378 e. The first-order valence-electron chi connectivity index (χ1n) is 8.16. The van der Waals surface area contributed by atoms with Crippen LogP contribution in [0.4, 0.5) is 0 Å². The van der Waals surface area contributed by atoms with E-state index in [0.29, 0.717) is 12.1 Å². The van der Waals surface area contributed by atoms with Gasteiger partial charge in [-0.3, -0.25) is 0 Å². The van der Waals surface area contributed by atoms with Gasteiger partial charge in [0.05, 0.1) is 6.10 Å². The van der Waals surface area contributed by atoms with Gasteiger partial charge in [0.15, 0.2) is 0 Å². The maximum Gasteiger partial charge on any atom is 0.0587 e. The summed E-state index contributed by atoms with van der Waals surface area (Å²) in [6, 6.07) is 15.7. The van der Waals surface area contributed by atoms with Crippen LogP contribution in [0, 0.1) is 0 Å². The number of hydrogen-bond donors (Lipinski definition) is 1. The molecule has 0 radical (unpaired) electrons. The topological polar surface area (TPSA) is 21.3 Å². The molecule has 2 heteroatoms. The monoisotopic (exact) mass is 283 g/mol. The molecule has 1 heterocycles. The lowest BCUT2D eigenvalue weighted by Gasteiger charge is -2.23. The van der Waals surface area contributed by atoms with Crippen molar-refractivity contribution < 1.29 is 4.74 Å². The van der Waals surface area contributed by atoms with Crippen molar-refractivity contribution in [3.05, 3.63) is 48.0 Å². The second kappa shape index (κ2) is 7.06.